The second-order valence-corrected chi connectivity index (χ2v) is 4.99. The second-order valence-electron chi connectivity index (χ2n) is 4.99. The normalized spacial score (nSPS) is 12.8. The highest BCUT2D eigenvalue weighted by atomic mass is 16.3. The first-order valence-corrected chi connectivity index (χ1v) is 6.90. The molecule has 0 radical (unpaired) electrons. The van der Waals surface area contributed by atoms with E-state index >= 15 is 0 Å². The average Bonchev–Trinajstić information content (AvgIpc) is 2.78. The summed E-state index contributed by atoms with van der Waals surface area (Å²) < 4.78 is 1.77. The summed E-state index contributed by atoms with van der Waals surface area (Å²) in [6.45, 7) is 5.25. The predicted molar refractivity (Wildman–Crippen MR) is 76.3 cm³/mol. The zero-order valence-electron chi connectivity index (χ0n) is 11.6. The molecule has 2 rings (SSSR count). The number of hydrogen-bond acceptors (Lipinski definition) is 4. The zero-order valence-corrected chi connectivity index (χ0v) is 11.6. The Hall–Kier alpha value is -1.62. The van der Waals surface area contributed by atoms with E-state index in [1.54, 1.807) is 4.52 Å². The van der Waals surface area contributed by atoms with Crippen molar-refractivity contribution in [1.82, 2.24) is 14.6 Å². The van der Waals surface area contributed by atoms with Crippen LogP contribution in [0.15, 0.2) is 18.3 Å². The number of aryl methyl sites for hydroxylation is 1. The zero-order chi connectivity index (χ0) is 13.7. The van der Waals surface area contributed by atoms with Crippen molar-refractivity contribution in [3.63, 3.8) is 0 Å². The molecular formula is C14H22N4O. The molecule has 0 aliphatic rings. The van der Waals surface area contributed by atoms with Crippen molar-refractivity contribution < 1.29 is 5.11 Å². The number of fused-ring (bicyclic) bond motifs is 1. The molecule has 2 heterocycles. The van der Waals surface area contributed by atoms with Gasteiger partial charge in [-0.15, -0.1) is 5.10 Å². The molecule has 0 saturated carbocycles. The monoisotopic (exact) mass is 262 g/mol. The van der Waals surface area contributed by atoms with Gasteiger partial charge in [-0.1, -0.05) is 13.3 Å². The van der Waals surface area contributed by atoms with Crippen molar-refractivity contribution in [1.29, 1.82) is 0 Å². The fourth-order valence-electron chi connectivity index (χ4n) is 2.23. The van der Waals surface area contributed by atoms with Crippen LogP contribution >= 0.6 is 0 Å². The molecule has 0 aromatic carbocycles. The largest absolute Gasteiger partial charge is 0.396 e. The molecular weight excluding hydrogens is 240 g/mol. The lowest BCUT2D eigenvalue weighted by atomic mass is 10.0. The first kappa shape index (κ1) is 13.8. The van der Waals surface area contributed by atoms with Crippen molar-refractivity contribution in [3.8, 4) is 0 Å². The summed E-state index contributed by atoms with van der Waals surface area (Å²) in [4.78, 5) is 4.44. The third-order valence-corrected chi connectivity index (χ3v) is 3.28. The van der Waals surface area contributed by atoms with Crippen LogP contribution in [-0.4, -0.2) is 32.9 Å². The Balaban J connectivity index is 2.00. The molecule has 1 atom stereocenters. The minimum atomic E-state index is 0.240. The van der Waals surface area contributed by atoms with Crippen molar-refractivity contribution >= 4 is 11.6 Å². The summed E-state index contributed by atoms with van der Waals surface area (Å²) >= 11 is 0. The number of hydrogen-bond donors (Lipinski definition) is 2. The molecule has 5 nitrogen and oxygen atoms in total. The van der Waals surface area contributed by atoms with Crippen LogP contribution in [0.5, 0.6) is 0 Å². The van der Waals surface area contributed by atoms with Crippen LogP contribution in [0.1, 0.15) is 31.7 Å². The van der Waals surface area contributed by atoms with Crippen LogP contribution in [0.4, 0.5) is 5.95 Å². The summed E-state index contributed by atoms with van der Waals surface area (Å²) in [5.74, 6) is 1.13. The van der Waals surface area contributed by atoms with Gasteiger partial charge in [0.05, 0.1) is 0 Å². The number of nitrogens with zero attached hydrogens (tertiary/aromatic N) is 3. The first-order valence-electron chi connectivity index (χ1n) is 6.90. The van der Waals surface area contributed by atoms with E-state index in [4.69, 9.17) is 5.11 Å². The van der Waals surface area contributed by atoms with Gasteiger partial charge >= 0.3 is 0 Å². The van der Waals surface area contributed by atoms with E-state index in [0.717, 1.165) is 31.5 Å². The van der Waals surface area contributed by atoms with E-state index in [1.807, 2.05) is 25.3 Å². The predicted octanol–water partition coefficient (Wildman–Crippen LogP) is 2.25. The molecule has 5 heteroatoms. The van der Waals surface area contributed by atoms with Gasteiger partial charge in [0, 0.05) is 19.3 Å². The number of rotatable bonds is 7. The molecule has 0 aliphatic heterocycles. The summed E-state index contributed by atoms with van der Waals surface area (Å²) in [6.07, 6.45) is 4.98. The highest BCUT2D eigenvalue weighted by Gasteiger charge is 2.09. The molecule has 1 unspecified atom stereocenters. The number of pyridine rings is 1. The number of nitrogens with one attached hydrogen (secondary N) is 1. The Morgan fingerprint density at radius 1 is 1.42 bits per heavy atom. The van der Waals surface area contributed by atoms with Gasteiger partial charge < -0.3 is 10.4 Å². The van der Waals surface area contributed by atoms with Crippen LogP contribution < -0.4 is 5.32 Å². The third kappa shape index (κ3) is 3.67. The maximum Gasteiger partial charge on any atom is 0.243 e. The smallest absolute Gasteiger partial charge is 0.243 e. The minimum absolute atomic E-state index is 0.240. The maximum atomic E-state index is 9.04. The standard InChI is InChI=1S/C14H22N4O/c1-3-4-12(6-8-19)10-15-14-16-13-9-11(2)5-7-18(13)17-14/h5,7,9,12,19H,3-4,6,8,10H2,1-2H3,(H,15,17). The fourth-order valence-corrected chi connectivity index (χ4v) is 2.23. The minimum Gasteiger partial charge on any atom is -0.396 e. The summed E-state index contributed by atoms with van der Waals surface area (Å²) in [5.41, 5.74) is 2.03. The lowest BCUT2D eigenvalue weighted by molar-refractivity contribution is 0.255. The van der Waals surface area contributed by atoms with E-state index in [9.17, 15) is 0 Å². The Labute approximate surface area is 113 Å². The third-order valence-electron chi connectivity index (χ3n) is 3.28. The number of aliphatic hydroxyl groups is 1. The van der Waals surface area contributed by atoms with E-state index in [0.29, 0.717) is 11.9 Å². The number of anilines is 1. The summed E-state index contributed by atoms with van der Waals surface area (Å²) in [7, 11) is 0. The van der Waals surface area contributed by atoms with Crippen LogP contribution in [0.3, 0.4) is 0 Å². The van der Waals surface area contributed by atoms with Crippen molar-refractivity contribution in [3.05, 3.63) is 23.9 Å². The molecule has 19 heavy (non-hydrogen) atoms. The van der Waals surface area contributed by atoms with Gasteiger partial charge in [-0.3, -0.25) is 0 Å². The van der Waals surface area contributed by atoms with E-state index in [1.165, 1.54) is 5.56 Å². The quantitative estimate of drug-likeness (QED) is 0.803. The highest BCUT2D eigenvalue weighted by molar-refractivity contribution is 5.45. The lowest BCUT2D eigenvalue weighted by Gasteiger charge is -2.14. The maximum absolute atomic E-state index is 9.04. The van der Waals surface area contributed by atoms with Crippen LogP contribution in [-0.2, 0) is 0 Å². The average molecular weight is 262 g/mol. The van der Waals surface area contributed by atoms with Crippen molar-refractivity contribution in [2.45, 2.75) is 33.1 Å². The SMILES string of the molecule is CCCC(CCO)CNc1nc2cc(C)ccn2n1. The molecule has 0 spiro atoms. The Morgan fingerprint density at radius 3 is 3.00 bits per heavy atom. The van der Waals surface area contributed by atoms with Crippen LogP contribution in [0.25, 0.3) is 5.65 Å². The van der Waals surface area contributed by atoms with Gasteiger partial charge in [0.25, 0.3) is 0 Å². The highest BCUT2D eigenvalue weighted by Crippen LogP contribution is 2.13. The van der Waals surface area contributed by atoms with Gasteiger partial charge in [-0.2, -0.15) is 4.98 Å². The lowest BCUT2D eigenvalue weighted by Crippen LogP contribution is -2.16. The molecule has 0 fully saturated rings. The van der Waals surface area contributed by atoms with Gasteiger partial charge in [0.2, 0.25) is 5.95 Å². The molecule has 0 bridgehead atoms. The molecule has 2 aromatic rings. The van der Waals surface area contributed by atoms with E-state index in [-0.39, 0.29) is 6.61 Å². The van der Waals surface area contributed by atoms with Crippen molar-refractivity contribution in [2.75, 3.05) is 18.5 Å². The van der Waals surface area contributed by atoms with Gasteiger partial charge in [-0.05, 0) is 43.4 Å². The number of aromatic nitrogens is 3. The summed E-state index contributed by atoms with van der Waals surface area (Å²) in [6, 6.07) is 4.02. The van der Waals surface area contributed by atoms with Crippen LogP contribution in [0.2, 0.25) is 0 Å². The molecule has 2 N–H and O–H groups in total. The molecule has 0 saturated heterocycles. The number of aliphatic hydroxyl groups excluding tert-OH is 1. The van der Waals surface area contributed by atoms with Crippen LogP contribution in [0, 0.1) is 12.8 Å². The summed E-state index contributed by atoms with van der Waals surface area (Å²) in [5, 5.41) is 16.7. The second kappa shape index (κ2) is 6.52. The van der Waals surface area contributed by atoms with Gasteiger partial charge in [0.15, 0.2) is 5.65 Å². The van der Waals surface area contributed by atoms with Crippen molar-refractivity contribution in [2.24, 2.45) is 5.92 Å². The Kier molecular flexibility index (Phi) is 4.74. The van der Waals surface area contributed by atoms with Gasteiger partial charge in [-0.25, -0.2) is 4.52 Å². The molecule has 0 amide bonds. The molecule has 0 aliphatic carbocycles. The van der Waals surface area contributed by atoms with Gasteiger partial charge in [0.1, 0.15) is 0 Å². The fraction of sp³-hybridized carbons (Fsp3) is 0.571. The molecule has 104 valence electrons. The Bertz CT molecular complexity index is 517. The Morgan fingerprint density at radius 2 is 2.26 bits per heavy atom. The van der Waals surface area contributed by atoms with E-state index < -0.39 is 0 Å². The topological polar surface area (TPSA) is 62.5 Å². The molecule has 2 aromatic heterocycles. The van der Waals surface area contributed by atoms with E-state index in [2.05, 4.69) is 22.3 Å². The first-order chi connectivity index (χ1) is 9.22.